The van der Waals surface area contributed by atoms with Gasteiger partial charge >= 0.3 is 0 Å². The Kier molecular flexibility index (Phi) is 11.2. The zero-order valence-corrected chi connectivity index (χ0v) is 20.5. The van der Waals surface area contributed by atoms with Crippen molar-refractivity contribution in [1.29, 1.82) is 0 Å². The monoisotopic (exact) mass is 456 g/mol. The van der Waals surface area contributed by atoms with Crippen molar-refractivity contribution in [1.82, 2.24) is 10.2 Å². The van der Waals surface area contributed by atoms with Crippen LogP contribution in [0.2, 0.25) is 0 Å². The first-order valence-corrected chi connectivity index (χ1v) is 12.5. The first kappa shape index (κ1) is 25.8. The number of ether oxygens (including phenoxy) is 1. The molecule has 6 heteroatoms. The van der Waals surface area contributed by atoms with E-state index in [0.717, 1.165) is 41.0 Å². The molecule has 0 aliphatic rings. The summed E-state index contributed by atoms with van der Waals surface area (Å²) in [4.78, 5) is 27.9. The van der Waals surface area contributed by atoms with E-state index < -0.39 is 6.04 Å². The van der Waals surface area contributed by atoms with Crippen LogP contribution in [-0.4, -0.2) is 42.2 Å². The predicted molar refractivity (Wildman–Crippen MR) is 133 cm³/mol. The molecule has 174 valence electrons. The van der Waals surface area contributed by atoms with Crippen LogP contribution in [0.15, 0.2) is 48.5 Å². The second-order valence-electron chi connectivity index (χ2n) is 7.92. The maximum Gasteiger partial charge on any atom is 0.242 e. The zero-order valence-electron chi connectivity index (χ0n) is 19.7. The maximum absolute atomic E-state index is 13.3. The number of methoxy groups -OCH3 is 1. The smallest absolute Gasteiger partial charge is 0.242 e. The Morgan fingerprint density at radius 3 is 2.47 bits per heavy atom. The number of thioether (sulfide) groups is 1. The Bertz CT molecular complexity index is 854. The van der Waals surface area contributed by atoms with E-state index >= 15 is 0 Å². The van der Waals surface area contributed by atoms with Gasteiger partial charge in [0.25, 0.3) is 0 Å². The minimum Gasteiger partial charge on any atom is -0.497 e. The highest BCUT2D eigenvalue weighted by atomic mass is 32.2. The number of hydrogen-bond acceptors (Lipinski definition) is 4. The van der Waals surface area contributed by atoms with Crippen LogP contribution >= 0.6 is 11.8 Å². The van der Waals surface area contributed by atoms with Crippen LogP contribution in [0.3, 0.4) is 0 Å². The fraction of sp³-hybridized carbons (Fsp3) is 0.462. The summed E-state index contributed by atoms with van der Waals surface area (Å²) in [6, 6.07) is 15.5. The Hall–Kier alpha value is -2.47. The lowest BCUT2D eigenvalue weighted by Gasteiger charge is -2.30. The first-order valence-electron chi connectivity index (χ1n) is 11.3. The number of rotatable bonds is 13. The molecule has 2 rings (SSSR count). The van der Waals surface area contributed by atoms with Crippen LogP contribution in [0.1, 0.15) is 49.8 Å². The third-order valence-corrected chi connectivity index (χ3v) is 6.29. The molecular formula is C26H36N2O3S. The molecule has 0 saturated heterocycles. The Morgan fingerprint density at radius 1 is 1.09 bits per heavy atom. The van der Waals surface area contributed by atoms with Crippen molar-refractivity contribution in [2.75, 3.05) is 19.4 Å². The van der Waals surface area contributed by atoms with E-state index in [-0.39, 0.29) is 11.8 Å². The number of nitrogens with one attached hydrogen (secondary N) is 1. The molecule has 2 aromatic carbocycles. The van der Waals surface area contributed by atoms with Gasteiger partial charge in [0.15, 0.2) is 0 Å². The second-order valence-corrected chi connectivity index (χ2v) is 8.91. The summed E-state index contributed by atoms with van der Waals surface area (Å²) in [5.74, 6) is 1.80. The average molecular weight is 457 g/mol. The van der Waals surface area contributed by atoms with Gasteiger partial charge in [-0.2, -0.15) is 0 Å². The van der Waals surface area contributed by atoms with Gasteiger partial charge in [0, 0.05) is 18.8 Å². The topological polar surface area (TPSA) is 58.6 Å². The molecule has 0 aromatic heterocycles. The van der Waals surface area contributed by atoms with Gasteiger partial charge in [-0.15, -0.1) is 11.8 Å². The first-order chi connectivity index (χ1) is 15.5. The molecule has 1 N–H and O–H groups in total. The molecule has 0 spiro atoms. The number of carbonyl (C=O) groups excluding carboxylic acids is 2. The minimum absolute atomic E-state index is 0.0116. The average Bonchev–Trinajstić information content (AvgIpc) is 2.79. The van der Waals surface area contributed by atoms with Gasteiger partial charge in [-0.3, -0.25) is 9.59 Å². The van der Waals surface area contributed by atoms with Crippen LogP contribution in [-0.2, 0) is 21.9 Å². The highest BCUT2D eigenvalue weighted by molar-refractivity contribution is 7.99. The molecule has 0 unspecified atom stereocenters. The summed E-state index contributed by atoms with van der Waals surface area (Å²) in [7, 11) is 1.65. The van der Waals surface area contributed by atoms with Gasteiger partial charge in [-0.05, 0) is 43.0 Å². The van der Waals surface area contributed by atoms with E-state index in [1.807, 2.05) is 56.3 Å². The van der Waals surface area contributed by atoms with Gasteiger partial charge in [0.1, 0.15) is 11.8 Å². The van der Waals surface area contributed by atoms with E-state index in [0.29, 0.717) is 25.3 Å². The third-order valence-electron chi connectivity index (χ3n) is 5.30. The Morgan fingerprint density at radius 2 is 1.84 bits per heavy atom. The standard InChI is InChI=1S/C26H36N2O3S/c1-5-7-15-27-26(30)24(6-2)28(17-22-10-8-9-20(3)16-22)25(29)19-32-18-21-11-13-23(31-4)14-12-21/h8-14,16,24H,5-7,15,17-19H2,1-4H3,(H,27,30)/t24-/m0/s1. The lowest BCUT2D eigenvalue weighted by atomic mass is 10.1. The molecule has 0 aliphatic carbocycles. The quantitative estimate of drug-likeness (QED) is 0.433. The van der Waals surface area contributed by atoms with E-state index in [1.165, 1.54) is 0 Å². The number of nitrogens with zero attached hydrogens (tertiary/aromatic N) is 1. The maximum atomic E-state index is 13.3. The lowest BCUT2D eigenvalue weighted by Crippen LogP contribution is -2.49. The zero-order chi connectivity index (χ0) is 23.3. The van der Waals surface area contributed by atoms with Crippen LogP contribution in [0.4, 0.5) is 0 Å². The van der Waals surface area contributed by atoms with Gasteiger partial charge in [-0.25, -0.2) is 0 Å². The molecule has 0 heterocycles. The summed E-state index contributed by atoms with van der Waals surface area (Å²) >= 11 is 1.57. The number of amides is 2. The van der Waals surface area contributed by atoms with Crippen LogP contribution < -0.4 is 10.1 Å². The molecule has 2 aromatic rings. The molecule has 32 heavy (non-hydrogen) atoms. The predicted octanol–water partition coefficient (Wildman–Crippen LogP) is 4.96. The van der Waals surface area contributed by atoms with Crippen molar-refractivity contribution in [3.05, 3.63) is 65.2 Å². The highest BCUT2D eigenvalue weighted by Gasteiger charge is 2.28. The van der Waals surface area contributed by atoms with Crippen molar-refractivity contribution < 1.29 is 14.3 Å². The Labute approximate surface area is 196 Å². The number of benzene rings is 2. The molecule has 1 atom stereocenters. The van der Waals surface area contributed by atoms with Gasteiger partial charge < -0.3 is 15.0 Å². The molecule has 0 fully saturated rings. The summed E-state index contributed by atoms with van der Waals surface area (Å²) in [5, 5.41) is 3.01. The number of aryl methyl sites for hydroxylation is 1. The largest absolute Gasteiger partial charge is 0.497 e. The fourth-order valence-electron chi connectivity index (χ4n) is 3.49. The normalized spacial score (nSPS) is 11.6. The molecule has 0 saturated carbocycles. The highest BCUT2D eigenvalue weighted by Crippen LogP contribution is 2.19. The number of unbranched alkanes of at least 4 members (excludes halogenated alkanes) is 1. The third kappa shape index (κ3) is 8.23. The molecule has 0 radical (unpaired) electrons. The number of hydrogen-bond donors (Lipinski definition) is 1. The molecule has 2 amide bonds. The van der Waals surface area contributed by atoms with E-state index in [1.54, 1.807) is 23.8 Å². The summed E-state index contributed by atoms with van der Waals surface area (Å²) in [6.07, 6.45) is 2.54. The molecule has 0 aliphatic heterocycles. The lowest BCUT2D eigenvalue weighted by molar-refractivity contribution is -0.139. The fourth-order valence-corrected chi connectivity index (χ4v) is 4.36. The van der Waals surface area contributed by atoms with Crippen molar-refractivity contribution in [3.63, 3.8) is 0 Å². The summed E-state index contributed by atoms with van der Waals surface area (Å²) in [6.45, 7) is 7.17. The second kappa shape index (κ2) is 13.8. The SMILES string of the molecule is CCCCNC(=O)[C@H](CC)N(Cc1cccc(C)c1)C(=O)CSCc1ccc(OC)cc1. The van der Waals surface area contributed by atoms with Crippen LogP contribution in [0.25, 0.3) is 0 Å². The molecule has 5 nitrogen and oxygen atoms in total. The summed E-state index contributed by atoms with van der Waals surface area (Å²) in [5.41, 5.74) is 3.32. The van der Waals surface area contributed by atoms with Crippen LogP contribution in [0.5, 0.6) is 5.75 Å². The molecular weight excluding hydrogens is 420 g/mol. The molecule has 0 bridgehead atoms. The summed E-state index contributed by atoms with van der Waals surface area (Å²) < 4.78 is 5.20. The van der Waals surface area contributed by atoms with Crippen molar-refractivity contribution in [2.45, 2.75) is 58.4 Å². The van der Waals surface area contributed by atoms with Crippen molar-refractivity contribution >= 4 is 23.6 Å². The minimum atomic E-state index is -0.471. The van der Waals surface area contributed by atoms with E-state index in [4.69, 9.17) is 4.74 Å². The van der Waals surface area contributed by atoms with Crippen molar-refractivity contribution in [2.24, 2.45) is 0 Å². The van der Waals surface area contributed by atoms with E-state index in [2.05, 4.69) is 18.3 Å². The van der Waals surface area contributed by atoms with Gasteiger partial charge in [0.2, 0.25) is 11.8 Å². The van der Waals surface area contributed by atoms with E-state index in [9.17, 15) is 9.59 Å². The Balaban J connectivity index is 2.08. The number of carbonyl (C=O) groups is 2. The van der Waals surface area contributed by atoms with Crippen molar-refractivity contribution in [3.8, 4) is 5.75 Å². The van der Waals surface area contributed by atoms with Gasteiger partial charge in [0.05, 0.1) is 12.9 Å². The van der Waals surface area contributed by atoms with Gasteiger partial charge in [-0.1, -0.05) is 62.2 Å². The van der Waals surface area contributed by atoms with Crippen LogP contribution in [0, 0.1) is 6.92 Å².